The lowest BCUT2D eigenvalue weighted by atomic mass is 10.2. The van der Waals surface area contributed by atoms with E-state index < -0.39 is 0 Å². The van der Waals surface area contributed by atoms with Crippen LogP contribution in [0, 0.1) is 0 Å². The number of hydrogen-bond acceptors (Lipinski definition) is 1. The van der Waals surface area contributed by atoms with Gasteiger partial charge in [-0.05, 0) is 32.4 Å². The molecule has 0 atom stereocenters. The summed E-state index contributed by atoms with van der Waals surface area (Å²) < 4.78 is 8.07. The van der Waals surface area contributed by atoms with E-state index in [0.717, 1.165) is 18.7 Å². The van der Waals surface area contributed by atoms with Gasteiger partial charge in [0.05, 0.1) is 11.6 Å². The average Bonchev–Trinajstić information content (AvgIpc) is 2.70. The summed E-state index contributed by atoms with van der Waals surface area (Å²) >= 11 is 5.75. The molecule has 0 aliphatic heterocycles. The fourth-order valence-corrected chi connectivity index (χ4v) is 2.11. The first kappa shape index (κ1) is 12.3. The molecule has 0 amide bonds. The smallest absolute Gasteiger partial charge is 0.143 e. The predicted molar refractivity (Wildman–Crippen MR) is 73.0 cm³/mol. The molecule has 1 heterocycles. The second-order valence-electron chi connectivity index (χ2n) is 4.41. The van der Waals surface area contributed by atoms with E-state index >= 15 is 0 Å². The van der Waals surface area contributed by atoms with Crippen LogP contribution in [0.2, 0.25) is 0 Å². The van der Waals surface area contributed by atoms with Crippen LogP contribution in [0.5, 0.6) is 5.75 Å². The van der Waals surface area contributed by atoms with Crippen LogP contribution in [-0.4, -0.2) is 16.6 Å². The molecule has 0 unspecified atom stereocenters. The fraction of sp³-hybridized carbons (Fsp3) is 0.429. The Morgan fingerprint density at radius 3 is 2.82 bits per heavy atom. The standard InChI is InChI=1S/C14H18ClNO/c1-11(2)17-13-6-3-5-12-7-10-16(14(12)13)9-4-8-15/h3,5-7,10-11H,4,8-9H2,1-2H3. The number of alkyl halides is 1. The number of nitrogens with zero attached hydrogens (tertiary/aromatic N) is 1. The maximum Gasteiger partial charge on any atom is 0.143 e. The molecule has 0 spiro atoms. The number of fused-ring (bicyclic) bond motifs is 1. The minimum Gasteiger partial charge on any atom is -0.489 e. The summed E-state index contributed by atoms with van der Waals surface area (Å²) in [6, 6.07) is 8.29. The first-order valence-corrected chi connectivity index (χ1v) is 6.56. The van der Waals surface area contributed by atoms with E-state index in [9.17, 15) is 0 Å². The molecular formula is C14H18ClNO. The molecule has 92 valence electrons. The zero-order valence-corrected chi connectivity index (χ0v) is 11.1. The molecule has 0 bridgehead atoms. The number of para-hydroxylation sites is 1. The van der Waals surface area contributed by atoms with E-state index in [1.54, 1.807) is 0 Å². The summed E-state index contributed by atoms with van der Waals surface area (Å²) in [5.41, 5.74) is 1.17. The van der Waals surface area contributed by atoms with E-state index in [4.69, 9.17) is 16.3 Å². The topological polar surface area (TPSA) is 14.2 Å². The Labute approximate surface area is 107 Å². The minimum atomic E-state index is 0.192. The molecule has 1 aromatic carbocycles. The van der Waals surface area contributed by atoms with Gasteiger partial charge >= 0.3 is 0 Å². The van der Waals surface area contributed by atoms with Gasteiger partial charge in [0.25, 0.3) is 0 Å². The largest absolute Gasteiger partial charge is 0.489 e. The Bertz CT molecular complexity index is 490. The monoisotopic (exact) mass is 251 g/mol. The quantitative estimate of drug-likeness (QED) is 0.731. The number of ether oxygens (including phenoxy) is 1. The molecule has 0 radical (unpaired) electrons. The summed E-state index contributed by atoms with van der Waals surface area (Å²) in [5, 5.41) is 1.22. The molecule has 0 saturated carbocycles. The summed E-state index contributed by atoms with van der Waals surface area (Å²) in [5.74, 6) is 1.64. The Hall–Kier alpha value is -1.15. The van der Waals surface area contributed by atoms with Crippen LogP contribution in [0.15, 0.2) is 30.5 Å². The summed E-state index contributed by atoms with van der Waals surface area (Å²) in [6.07, 6.45) is 3.27. The van der Waals surface area contributed by atoms with Crippen molar-refractivity contribution in [2.75, 3.05) is 5.88 Å². The normalized spacial score (nSPS) is 11.3. The van der Waals surface area contributed by atoms with E-state index in [1.165, 1.54) is 10.9 Å². The van der Waals surface area contributed by atoms with Gasteiger partial charge in [0.2, 0.25) is 0 Å². The molecule has 0 N–H and O–H groups in total. The van der Waals surface area contributed by atoms with Gasteiger partial charge in [0.1, 0.15) is 5.75 Å². The van der Waals surface area contributed by atoms with Crippen molar-refractivity contribution in [3.8, 4) is 5.75 Å². The summed E-state index contributed by atoms with van der Waals surface area (Å²) in [7, 11) is 0. The highest BCUT2D eigenvalue weighted by Crippen LogP contribution is 2.27. The van der Waals surface area contributed by atoms with Crippen molar-refractivity contribution >= 4 is 22.5 Å². The number of aromatic nitrogens is 1. The highest BCUT2D eigenvalue weighted by Gasteiger charge is 2.08. The zero-order valence-electron chi connectivity index (χ0n) is 10.3. The van der Waals surface area contributed by atoms with Gasteiger partial charge in [0, 0.05) is 24.0 Å². The number of aryl methyl sites for hydroxylation is 1. The van der Waals surface area contributed by atoms with Gasteiger partial charge in [-0.2, -0.15) is 0 Å². The minimum absolute atomic E-state index is 0.192. The van der Waals surface area contributed by atoms with Gasteiger partial charge in [-0.25, -0.2) is 0 Å². The Morgan fingerprint density at radius 1 is 1.29 bits per heavy atom. The Kier molecular flexibility index (Phi) is 3.95. The second kappa shape index (κ2) is 5.46. The lowest BCUT2D eigenvalue weighted by Gasteiger charge is -2.13. The summed E-state index contributed by atoms with van der Waals surface area (Å²) in [4.78, 5) is 0. The van der Waals surface area contributed by atoms with Crippen molar-refractivity contribution in [3.05, 3.63) is 30.5 Å². The molecule has 2 rings (SSSR count). The zero-order chi connectivity index (χ0) is 12.3. The highest BCUT2D eigenvalue weighted by atomic mass is 35.5. The van der Waals surface area contributed by atoms with Crippen LogP contribution < -0.4 is 4.74 Å². The van der Waals surface area contributed by atoms with Crippen molar-refractivity contribution in [2.45, 2.75) is 32.9 Å². The Balaban J connectivity index is 2.40. The SMILES string of the molecule is CC(C)Oc1cccc2ccn(CCCCl)c12. The number of benzene rings is 1. The third kappa shape index (κ3) is 2.75. The van der Waals surface area contributed by atoms with Crippen LogP contribution >= 0.6 is 11.6 Å². The van der Waals surface area contributed by atoms with Crippen molar-refractivity contribution < 1.29 is 4.74 Å². The van der Waals surface area contributed by atoms with Gasteiger partial charge in [-0.3, -0.25) is 0 Å². The molecule has 0 aliphatic carbocycles. The van der Waals surface area contributed by atoms with E-state index in [2.05, 4.69) is 22.9 Å². The molecule has 1 aromatic heterocycles. The Morgan fingerprint density at radius 2 is 2.12 bits per heavy atom. The second-order valence-corrected chi connectivity index (χ2v) is 4.79. The molecule has 3 heteroatoms. The fourth-order valence-electron chi connectivity index (χ4n) is 1.99. The molecule has 0 aliphatic rings. The lowest BCUT2D eigenvalue weighted by molar-refractivity contribution is 0.244. The molecular weight excluding hydrogens is 234 g/mol. The van der Waals surface area contributed by atoms with Gasteiger partial charge in [-0.1, -0.05) is 12.1 Å². The third-order valence-corrected chi connectivity index (χ3v) is 2.91. The summed E-state index contributed by atoms with van der Waals surface area (Å²) in [6.45, 7) is 5.03. The van der Waals surface area contributed by atoms with E-state index in [0.29, 0.717) is 5.88 Å². The van der Waals surface area contributed by atoms with E-state index in [-0.39, 0.29) is 6.10 Å². The first-order chi connectivity index (χ1) is 8.22. The van der Waals surface area contributed by atoms with E-state index in [1.807, 2.05) is 26.0 Å². The number of hydrogen-bond donors (Lipinski definition) is 0. The van der Waals surface area contributed by atoms with Crippen molar-refractivity contribution in [1.82, 2.24) is 4.57 Å². The maximum absolute atomic E-state index is 5.85. The lowest BCUT2D eigenvalue weighted by Crippen LogP contribution is -2.07. The molecule has 0 saturated heterocycles. The van der Waals surface area contributed by atoms with Crippen molar-refractivity contribution in [1.29, 1.82) is 0 Å². The van der Waals surface area contributed by atoms with Crippen LogP contribution in [0.1, 0.15) is 20.3 Å². The van der Waals surface area contributed by atoms with Crippen molar-refractivity contribution in [2.24, 2.45) is 0 Å². The van der Waals surface area contributed by atoms with Gasteiger partial charge in [0.15, 0.2) is 0 Å². The predicted octanol–water partition coefficient (Wildman–Crippen LogP) is 4.06. The van der Waals surface area contributed by atoms with Crippen LogP contribution in [0.25, 0.3) is 10.9 Å². The van der Waals surface area contributed by atoms with Gasteiger partial charge < -0.3 is 9.30 Å². The van der Waals surface area contributed by atoms with Gasteiger partial charge in [-0.15, -0.1) is 11.6 Å². The van der Waals surface area contributed by atoms with Crippen LogP contribution in [-0.2, 0) is 6.54 Å². The number of rotatable bonds is 5. The first-order valence-electron chi connectivity index (χ1n) is 6.03. The highest BCUT2D eigenvalue weighted by molar-refractivity contribution is 6.17. The molecule has 0 fully saturated rings. The van der Waals surface area contributed by atoms with Crippen LogP contribution in [0.4, 0.5) is 0 Å². The van der Waals surface area contributed by atoms with Crippen LogP contribution in [0.3, 0.4) is 0 Å². The molecule has 2 aromatic rings. The van der Waals surface area contributed by atoms with Crippen molar-refractivity contribution in [3.63, 3.8) is 0 Å². The molecule has 17 heavy (non-hydrogen) atoms. The molecule has 2 nitrogen and oxygen atoms in total. The number of halogens is 1. The average molecular weight is 252 g/mol. The maximum atomic E-state index is 5.85. The third-order valence-electron chi connectivity index (χ3n) is 2.65.